The molecule has 0 saturated carbocycles. The molecule has 3 atom stereocenters. The average Bonchev–Trinajstić information content (AvgIpc) is 2.73. The first-order chi connectivity index (χ1) is 14.1. The minimum atomic E-state index is -0.751. The van der Waals surface area contributed by atoms with Gasteiger partial charge < -0.3 is 19.7 Å². The number of hydrogen-bond acceptors (Lipinski definition) is 5. The number of nitrogens with zero attached hydrogens (tertiary/aromatic N) is 1. The van der Waals surface area contributed by atoms with Gasteiger partial charge in [0, 0.05) is 36.7 Å². The van der Waals surface area contributed by atoms with Gasteiger partial charge in [0.2, 0.25) is 0 Å². The Hall–Kier alpha value is -2.44. The van der Waals surface area contributed by atoms with E-state index in [0.29, 0.717) is 13.0 Å². The molecule has 1 aromatic carbocycles. The Morgan fingerprint density at radius 3 is 2.62 bits per heavy atom. The lowest BCUT2D eigenvalue weighted by Crippen LogP contribution is -2.35. The number of aliphatic carboxylic acids is 1. The van der Waals surface area contributed by atoms with E-state index in [1.165, 1.54) is 5.56 Å². The molecule has 156 valence electrons. The summed E-state index contributed by atoms with van der Waals surface area (Å²) in [5, 5.41) is 19.1. The lowest BCUT2D eigenvalue weighted by atomic mass is 9.89. The summed E-state index contributed by atoms with van der Waals surface area (Å²) in [6, 6.07) is 11.3. The number of phenolic OH excluding ortho intramolecular Hbond substituents is 1. The standard InChI is InChI=1S/C23H29NO5/c25-20-8-5-4-7-19(20)23-18(6-2-1-3-9-21(26)27)16-28-22(29-23)11-10-17-12-14-24-15-13-17/h4-5,7-8,12-15,18,22-23,25H,1-3,6,9-11,16H2,(H,26,27). The Labute approximate surface area is 171 Å². The molecule has 2 heterocycles. The van der Waals surface area contributed by atoms with Crippen LogP contribution in [0, 0.1) is 5.92 Å². The quantitative estimate of drug-likeness (QED) is 0.573. The highest BCUT2D eigenvalue weighted by Crippen LogP contribution is 2.39. The zero-order valence-corrected chi connectivity index (χ0v) is 16.6. The van der Waals surface area contributed by atoms with Crippen LogP contribution < -0.4 is 0 Å². The van der Waals surface area contributed by atoms with Crippen molar-refractivity contribution in [3.8, 4) is 5.75 Å². The predicted molar refractivity (Wildman–Crippen MR) is 108 cm³/mol. The van der Waals surface area contributed by atoms with E-state index in [-0.39, 0.29) is 30.5 Å². The van der Waals surface area contributed by atoms with E-state index < -0.39 is 5.97 Å². The number of aromatic hydroxyl groups is 1. The zero-order chi connectivity index (χ0) is 20.5. The molecule has 2 aromatic rings. The number of aryl methyl sites for hydroxylation is 1. The number of benzene rings is 1. The number of phenols is 1. The van der Waals surface area contributed by atoms with Gasteiger partial charge in [0.25, 0.3) is 0 Å². The maximum Gasteiger partial charge on any atom is 0.303 e. The van der Waals surface area contributed by atoms with Gasteiger partial charge in [-0.25, -0.2) is 0 Å². The van der Waals surface area contributed by atoms with Crippen LogP contribution in [0.5, 0.6) is 5.75 Å². The van der Waals surface area contributed by atoms with Gasteiger partial charge in [-0.3, -0.25) is 9.78 Å². The molecule has 6 nitrogen and oxygen atoms in total. The molecule has 3 rings (SSSR count). The van der Waals surface area contributed by atoms with Crippen molar-refractivity contribution < 1.29 is 24.5 Å². The molecule has 0 amide bonds. The number of carboxylic acid groups (broad SMARTS) is 1. The molecule has 1 saturated heterocycles. The highest BCUT2D eigenvalue weighted by atomic mass is 16.7. The van der Waals surface area contributed by atoms with E-state index in [0.717, 1.165) is 37.7 Å². The Kier molecular flexibility index (Phi) is 8.02. The van der Waals surface area contributed by atoms with Gasteiger partial charge in [0.05, 0.1) is 12.7 Å². The van der Waals surface area contributed by atoms with Crippen LogP contribution in [0.25, 0.3) is 0 Å². The first kappa shape index (κ1) is 21.3. The summed E-state index contributed by atoms with van der Waals surface area (Å²) in [4.78, 5) is 14.7. The van der Waals surface area contributed by atoms with Gasteiger partial charge in [0.1, 0.15) is 5.75 Å². The molecule has 2 N–H and O–H groups in total. The molecular weight excluding hydrogens is 370 g/mol. The summed E-state index contributed by atoms with van der Waals surface area (Å²) in [6.07, 6.45) is 8.11. The van der Waals surface area contributed by atoms with Crippen molar-refractivity contribution in [3.63, 3.8) is 0 Å². The third-order valence-electron chi connectivity index (χ3n) is 5.35. The van der Waals surface area contributed by atoms with Crippen molar-refractivity contribution in [2.75, 3.05) is 6.61 Å². The first-order valence-corrected chi connectivity index (χ1v) is 10.3. The van der Waals surface area contributed by atoms with Crippen molar-refractivity contribution in [2.24, 2.45) is 5.92 Å². The fourth-order valence-electron chi connectivity index (χ4n) is 3.77. The summed E-state index contributed by atoms with van der Waals surface area (Å²) in [7, 11) is 0. The summed E-state index contributed by atoms with van der Waals surface area (Å²) in [5.41, 5.74) is 1.98. The number of carboxylic acids is 1. The maximum atomic E-state index is 10.7. The highest BCUT2D eigenvalue weighted by molar-refractivity contribution is 5.66. The fraction of sp³-hybridized carbons (Fsp3) is 0.478. The third kappa shape index (κ3) is 6.54. The van der Waals surface area contributed by atoms with E-state index in [9.17, 15) is 9.90 Å². The molecule has 1 aliphatic rings. The fourth-order valence-corrected chi connectivity index (χ4v) is 3.77. The number of unbranched alkanes of at least 4 members (excludes halogenated alkanes) is 2. The number of para-hydroxylation sites is 1. The molecule has 0 spiro atoms. The van der Waals surface area contributed by atoms with Crippen LogP contribution in [0.1, 0.15) is 55.8 Å². The number of pyridine rings is 1. The minimum absolute atomic E-state index is 0.130. The van der Waals surface area contributed by atoms with Gasteiger partial charge in [-0.1, -0.05) is 31.0 Å². The van der Waals surface area contributed by atoms with Gasteiger partial charge in [-0.05, 0) is 43.0 Å². The van der Waals surface area contributed by atoms with Gasteiger partial charge >= 0.3 is 5.97 Å². The largest absolute Gasteiger partial charge is 0.508 e. The van der Waals surface area contributed by atoms with Crippen LogP contribution in [-0.2, 0) is 20.7 Å². The highest BCUT2D eigenvalue weighted by Gasteiger charge is 2.34. The molecule has 1 fully saturated rings. The van der Waals surface area contributed by atoms with Crippen LogP contribution in [0.2, 0.25) is 0 Å². The molecule has 0 radical (unpaired) electrons. The molecule has 1 aromatic heterocycles. The van der Waals surface area contributed by atoms with Crippen LogP contribution in [0.4, 0.5) is 0 Å². The lowest BCUT2D eigenvalue weighted by Gasteiger charge is -2.37. The summed E-state index contributed by atoms with van der Waals surface area (Å²) in [6.45, 7) is 0.568. The Morgan fingerprint density at radius 2 is 1.86 bits per heavy atom. The van der Waals surface area contributed by atoms with Gasteiger partial charge in [-0.15, -0.1) is 0 Å². The minimum Gasteiger partial charge on any atom is -0.508 e. The number of rotatable bonds is 10. The summed E-state index contributed by atoms with van der Waals surface area (Å²) >= 11 is 0. The number of carbonyl (C=O) groups is 1. The van der Waals surface area contributed by atoms with Crippen molar-refractivity contribution in [3.05, 3.63) is 59.9 Å². The van der Waals surface area contributed by atoms with Gasteiger partial charge in [-0.2, -0.15) is 0 Å². The average molecular weight is 399 g/mol. The van der Waals surface area contributed by atoms with E-state index >= 15 is 0 Å². The second kappa shape index (κ2) is 10.9. The second-order valence-electron chi connectivity index (χ2n) is 7.53. The predicted octanol–water partition coefficient (Wildman–Crippen LogP) is 4.49. The Morgan fingerprint density at radius 1 is 1.07 bits per heavy atom. The molecular formula is C23H29NO5. The molecule has 1 aliphatic heterocycles. The van der Waals surface area contributed by atoms with Crippen molar-refractivity contribution in [2.45, 2.75) is 57.3 Å². The van der Waals surface area contributed by atoms with Crippen molar-refractivity contribution in [1.29, 1.82) is 0 Å². The van der Waals surface area contributed by atoms with E-state index in [2.05, 4.69) is 4.98 Å². The van der Waals surface area contributed by atoms with E-state index in [1.54, 1.807) is 24.5 Å². The number of hydrogen-bond donors (Lipinski definition) is 2. The first-order valence-electron chi connectivity index (χ1n) is 10.3. The molecule has 0 aliphatic carbocycles. The second-order valence-corrected chi connectivity index (χ2v) is 7.53. The van der Waals surface area contributed by atoms with Crippen LogP contribution in [0.15, 0.2) is 48.8 Å². The zero-order valence-electron chi connectivity index (χ0n) is 16.6. The topological polar surface area (TPSA) is 88.9 Å². The van der Waals surface area contributed by atoms with Gasteiger partial charge in [0.15, 0.2) is 6.29 Å². The monoisotopic (exact) mass is 399 g/mol. The normalized spacial score (nSPS) is 21.7. The van der Waals surface area contributed by atoms with Crippen LogP contribution >= 0.6 is 0 Å². The van der Waals surface area contributed by atoms with Crippen LogP contribution in [-0.4, -0.2) is 34.1 Å². The Bertz CT molecular complexity index is 767. The SMILES string of the molecule is O=C(O)CCCCCC1COC(CCc2ccncc2)OC1c1ccccc1O. The van der Waals surface area contributed by atoms with E-state index in [4.69, 9.17) is 14.6 Å². The van der Waals surface area contributed by atoms with Crippen molar-refractivity contribution >= 4 is 5.97 Å². The molecule has 6 heteroatoms. The Balaban J connectivity index is 1.59. The summed E-state index contributed by atoms with van der Waals surface area (Å²) < 4.78 is 12.3. The maximum absolute atomic E-state index is 10.7. The number of aromatic nitrogens is 1. The molecule has 3 unspecified atom stereocenters. The molecule has 29 heavy (non-hydrogen) atoms. The number of ether oxygens (including phenoxy) is 2. The van der Waals surface area contributed by atoms with Crippen molar-refractivity contribution in [1.82, 2.24) is 4.98 Å². The van der Waals surface area contributed by atoms with Crippen LogP contribution in [0.3, 0.4) is 0 Å². The lowest BCUT2D eigenvalue weighted by molar-refractivity contribution is -0.242. The van der Waals surface area contributed by atoms with E-state index in [1.807, 2.05) is 24.3 Å². The summed E-state index contributed by atoms with van der Waals surface area (Å²) in [5.74, 6) is -0.382. The molecule has 0 bridgehead atoms. The third-order valence-corrected chi connectivity index (χ3v) is 5.35. The smallest absolute Gasteiger partial charge is 0.303 e.